The maximum atomic E-state index is 13.5. The average molecular weight is 923 g/mol. The van der Waals surface area contributed by atoms with E-state index in [0.717, 1.165) is 51.4 Å². The number of allylic oxidation sites excluding steroid dienone is 2. The number of ketones is 1. The Labute approximate surface area is 373 Å². The van der Waals surface area contributed by atoms with E-state index in [2.05, 4.69) is 19.1 Å². The lowest BCUT2D eigenvalue weighted by molar-refractivity contribution is -0.168. The largest absolute Gasteiger partial charge is 0.472 e. The molecule has 17 nitrogen and oxygen atoms in total. The van der Waals surface area contributed by atoms with Gasteiger partial charge in [0.05, 0.1) is 37.1 Å². The van der Waals surface area contributed by atoms with E-state index in [1.165, 1.54) is 37.8 Å². The Hall–Kier alpha value is -2.12. The molecule has 0 spiro atoms. The molecule has 2 bridgehead atoms. The van der Waals surface area contributed by atoms with Crippen LogP contribution in [0.25, 0.3) is 0 Å². The molecule has 0 aromatic carbocycles. The van der Waals surface area contributed by atoms with Gasteiger partial charge >= 0.3 is 19.8 Å². The number of aliphatic hydroxyl groups is 8. The number of unbranched alkanes of at least 4 members (excludes halogenated alkanes) is 11. The zero-order valence-corrected chi connectivity index (χ0v) is 38.3. The van der Waals surface area contributed by atoms with Crippen molar-refractivity contribution in [1.82, 2.24) is 0 Å². The first-order chi connectivity index (χ1) is 30.0. The van der Waals surface area contributed by atoms with Crippen LogP contribution in [-0.4, -0.2) is 138 Å². The van der Waals surface area contributed by atoms with Gasteiger partial charge in [0.15, 0.2) is 6.10 Å². The van der Waals surface area contributed by atoms with Gasteiger partial charge in [-0.15, -0.1) is 0 Å². The number of phosphoric ester groups is 1. The topological polar surface area (TPSA) is 287 Å². The second kappa shape index (κ2) is 31.7. The second-order valence-electron chi connectivity index (χ2n) is 17.2. The summed E-state index contributed by atoms with van der Waals surface area (Å²) < 4.78 is 34.5. The number of rotatable bonds is 21. The first-order valence-electron chi connectivity index (χ1n) is 23.3. The highest BCUT2D eigenvalue weighted by atomic mass is 31.2. The smallest absolute Gasteiger partial charge is 0.462 e. The van der Waals surface area contributed by atoms with E-state index < -0.39 is 124 Å². The van der Waals surface area contributed by atoms with E-state index in [1.807, 2.05) is 6.92 Å². The summed E-state index contributed by atoms with van der Waals surface area (Å²) in [5.74, 6) is -5.01. The van der Waals surface area contributed by atoms with Crippen LogP contribution in [0.15, 0.2) is 24.3 Å². The molecule has 2 fully saturated rings. The minimum Gasteiger partial charge on any atom is -0.462 e. The summed E-state index contributed by atoms with van der Waals surface area (Å²) >= 11 is 0. The van der Waals surface area contributed by atoms with Crippen LogP contribution in [0.4, 0.5) is 0 Å². The lowest BCUT2D eigenvalue weighted by Gasteiger charge is -2.37. The van der Waals surface area contributed by atoms with Crippen molar-refractivity contribution in [1.29, 1.82) is 0 Å². The molecule has 2 aliphatic rings. The standard InChI is InChI=1S/C45H79O17P/c1-3-5-7-8-9-10-11-12-13-14-15-16-18-23-38(50)59-29-33-30-60-63(57,58)62-45-43(55)40(52)34(26-25-31(46)21-17-6-4-2)36(48)28-37(49)35(41(53)42(54)44(45)56)27-32(47)22-19-20-24-39(51)61-33/h10-11,25-26,31,33-37,40-46,48-49,52-56H,3-9,12-24,27-30H2,1-2H3,(H,57,58)/b11-10-,26-25+/t31-,33+,34-,35-,36+,37-,40+,41+,42-,43+,44+,45+/m0/s1. The molecule has 366 valence electrons. The molecular formula is C45H79O17P. The molecule has 0 aromatic heterocycles. The zero-order valence-electron chi connectivity index (χ0n) is 37.4. The summed E-state index contributed by atoms with van der Waals surface area (Å²) in [5.41, 5.74) is 0. The monoisotopic (exact) mass is 923 g/mol. The predicted molar refractivity (Wildman–Crippen MR) is 233 cm³/mol. The summed E-state index contributed by atoms with van der Waals surface area (Å²) in [6.07, 6.45) is -0.193. The number of hydrogen-bond acceptors (Lipinski definition) is 16. The van der Waals surface area contributed by atoms with Crippen LogP contribution in [-0.2, 0) is 37.5 Å². The molecule has 2 rings (SSSR count). The summed E-state index contributed by atoms with van der Waals surface area (Å²) in [6, 6.07) is 0. The molecular weight excluding hydrogens is 843 g/mol. The number of ether oxygens (including phenoxy) is 2. The SMILES string of the molecule is CCCCCC/C=C\CCCCCCCC(=O)OC[C@@H]1COP(=O)(O)O[C@H]2[C@H](O)[C@@H](O)[C@H](O)[C@@H](CC(=O)CCCCC(=O)O1)[C@@H](O)C[C@@H](O)[C@H](/C=C/[C@@H](O)CCCCC)[C@@H](O)[C@H]2O. The number of fused-ring (bicyclic) bond motifs is 4. The van der Waals surface area contributed by atoms with Crippen molar-refractivity contribution >= 4 is 25.5 Å². The summed E-state index contributed by atoms with van der Waals surface area (Å²) in [5, 5.41) is 89.8. The highest BCUT2D eigenvalue weighted by Crippen LogP contribution is 2.47. The Kier molecular flexibility index (Phi) is 28.7. The van der Waals surface area contributed by atoms with Gasteiger partial charge < -0.3 is 55.2 Å². The van der Waals surface area contributed by atoms with E-state index in [1.54, 1.807) is 0 Å². The van der Waals surface area contributed by atoms with E-state index in [9.17, 15) is 64.7 Å². The van der Waals surface area contributed by atoms with Gasteiger partial charge in [0.25, 0.3) is 0 Å². The maximum absolute atomic E-state index is 13.5. The molecule has 0 amide bonds. The minimum atomic E-state index is -5.49. The lowest BCUT2D eigenvalue weighted by atomic mass is 9.82. The number of hydrogen-bond donors (Lipinski definition) is 9. The highest BCUT2D eigenvalue weighted by molar-refractivity contribution is 7.47. The van der Waals surface area contributed by atoms with Gasteiger partial charge in [0, 0.05) is 43.9 Å². The predicted octanol–water partition coefficient (Wildman–Crippen LogP) is 4.39. The first kappa shape index (κ1) is 57.0. The molecule has 1 unspecified atom stereocenters. The van der Waals surface area contributed by atoms with Crippen molar-refractivity contribution in [2.45, 2.75) is 216 Å². The third-order valence-corrected chi connectivity index (χ3v) is 12.7. The van der Waals surface area contributed by atoms with E-state index in [-0.39, 0.29) is 32.1 Å². The third-order valence-electron chi connectivity index (χ3n) is 11.7. The summed E-state index contributed by atoms with van der Waals surface area (Å²) in [6.45, 7) is 2.69. The number of aliphatic hydroxyl groups excluding tert-OH is 8. The van der Waals surface area contributed by atoms with E-state index >= 15 is 0 Å². The van der Waals surface area contributed by atoms with Crippen molar-refractivity contribution in [2.75, 3.05) is 13.2 Å². The minimum absolute atomic E-state index is 0.0728. The first-order valence-corrected chi connectivity index (χ1v) is 24.8. The van der Waals surface area contributed by atoms with Crippen LogP contribution in [0.1, 0.15) is 155 Å². The molecule has 1 saturated carbocycles. The fourth-order valence-corrected chi connectivity index (χ4v) is 8.78. The average Bonchev–Trinajstić information content (AvgIpc) is 3.24. The van der Waals surface area contributed by atoms with Gasteiger partial charge in [0.1, 0.15) is 36.8 Å². The van der Waals surface area contributed by atoms with Crippen molar-refractivity contribution in [3.05, 3.63) is 24.3 Å². The van der Waals surface area contributed by atoms with Gasteiger partial charge in [0.2, 0.25) is 0 Å². The van der Waals surface area contributed by atoms with Crippen LogP contribution in [0, 0.1) is 11.8 Å². The van der Waals surface area contributed by atoms with Crippen LogP contribution < -0.4 is 0 Å². The summed E-state index contributed by atoms with van der Waals surface area (Å²) in [7, 11) is -5.49. The fourth-order valence-electron chi connectivity index (χ4n) is 7.81. The van der Waals surface area contributed by atoms with Gasteiger partial charge in [-0.1, -0.05) is 95.9 Å². The molecule has 1 heterocycles. The molecule has 13 atom stereocenters. The second-order valence-corrected chi connectivity index (χ2v) is 18.6. The van der Waals surface area contributed by atoms with Crippen LogP contribution >= 0.6 is 7.82 Å². The molecule has 1 aliphatic carbocycles. The quantitative estimate of drug-likeness (QED) is 0.0334. The Morgan fingerprint density at radius 1 is 0.778 bits per heavy atom. The lowest BCUT2D eigenvalue weighted by Crippen LogP contribution is -2.56. The summed E-state index contributed by atoms with van der Waals surface area (Å²) in [4.78, 5) is 49.5. The fraction of sp³-hybridized carbons (Fsp3) is 0.844. The van der Waals surface area contributed by atoms with Gasteiger partial charge in [-0.2, -0.15) is 0 Å². The maximum Gasteiger partial charge on any atom is 0.472 e. The molecule has 1 aliphatic heterocycles. The number of carbonyl (C=O) groups excluding carboxylic acids is 3. The van der Waals surface area contributed by atoms with Gasteiger partial charge in [-0.05, 0) is 51.4 Å². The molecule has 9 N–H and O–H groups in total. The van der Waals surface area contributed by atoms with Crippen LogP contribution in [0.2, 0.25) is 0 Å². The van der Waals surface area contributed by atoms with Crippen LogP contribution in [0.3, 0.4) is 0 Å². The number of cyclic esters (lactones) is 1. The number of esters is 2. The van der Waals surface area contributed by atoms with Gasteiger partial charge in [-0.25, -0.2) is 4.57 Å². The molecule has 0 aromatic rings. The number of carbonyl (C=O) groups is 3. The Balaban J connectivity index is 2.24. The molecule has 63 heavy (non-hydrogen) atoms. The van der Waals surface area contributed by atoms with Crippen LogP contribution in [0.5, 0.6) is 0 Å². The third kappa shape index (κ3) is 22.8. The normalized spacial score (nSPS) is 32.9. The van der Waals surface area contributed by atoms with E-state index in [0.29, 0.717) is 19.3 Å². The number of Topliss-reactive ketones (excluding diaryl/α,β-unsaturated/α-hetero) is 1. The highest BCUT2D eigenvalue weighted by Gasteiger charge is 2.49. The van der Waals surface area contributed by atoms with Crippen molar-refractivity contribution in [2.24, 2.45) is 11.8 Å². The molecule has 0 radical (unpaired) electrons. The van der Waals surface area contributed by atoms with Crippen molar-refractivity contribution in [3.63, 3.8) is 0 Å². The zero-order chi connectivity index (χ0) is 46.8. The van der Waals surface area contributed by atoms with E-state index in [4.69, 9.17) is 18.5 Å². The Morgan fingerprint density at radius 3 is 2.06 bits per heavy atom. The van der Waals surface area contributed by atoms with Crippen molar-refractivity contribution in [3.8, 4) is 0 Å². The molecule has 1 saturated heterocycles. The van der Waals surface area contributed by atoms with Gasteiger partial charge in [-0.3, -0.25) is 23.4 Å². The van der Waals surface area contributed by atoms with Crippen molar-refractivity contribution < 1.29 is 83.2 Å². The number of phosphoric acid groups is 1. The molecule has 18 heteroatoms. The Bertz CT molecular complexity index is 1400. The Morgan fingerprint density at radius 2 is 1.38 bits per heavy atom.